The minimum atomic E-state index is -0.522. The lowest BCUT2D eigenvalue weighted by atomic mass is 10.1. The Morgan fingerprint density at radius 3 is 2.42 bits per heavy atom. The van der Waals surface area contributed by atoms with Gasteiger partial charge >= 0.3 is 0 Å². The summed E-state index contributed by atoms with van der Waals surface area (Å²) in [7, 11) is 2.32. The highest BCUT2D eigenvalue weighted by molar-refractivity contribution is 7.15. The van der Waals surface area contributed by atoms with Crippen molar-refractivity contribution in [3.05, 3.63) is 29.3 Å². The molecule has 1 aromatic rings. The second-order valence-corrected chi connectivity index (χ2v) is 5.17. The zero-order valence-electron chi connectivity index (χ0n) is 10.6. The fourth-order valence-electron chi connectivity index (χ4n) is 2.24. The Hall–Kier alpha value is -0.800. The van der Waals surface area contributed by atoms with E-state index in [2.05, 4.69) is 19.5 Å². The number of anilines is 1. The molecule has 0 saturated carbocycles. The second kappa shape index (κ2) is 6.58. The van der Waals surface area contributed by atoms with E-state index in [-0.39, 0.29) is 24.4 Å². The van der Waals surface area contributed by atoms with Crippen LogP contribution in [0.15, 0.2) is 12.1 Å². The molecule has 6 heteroatoms. The van der Waals surface area contributed by atoms with E-state index >= 15 is 0 Å². The molecular formula is C13H18F3N2P. The Labute approximate surface area is 113 Å². The summed E-state index contributed by atoms with van der Waals surface area (Å²) >= 11 is 0. The van der Waals surface area contributed by atoms with Crippen LogP contribution in [0.25, 0.3) is 0 Å². The van der Waals surface area contributed by atoms with E-state index in [1.807, 2.05) is 0 Å². The summed E-state index contributed by atoms with van der Waals surface area (Å²) in [5.41, 5.74) is 0.557. The molecule has 1 heterocycles. The standard InChI is InChI=1S/C13H18F3N2P/c14-2-1-3-18-6-10(7-18)17-9-4-12(15)11(8-19)13(16)5-9/h4-5,10,17H,1-3,6-8,19H2. The fourth-order valence-corrected chi connectivity index (χ4v) is 2.63. The zero-order valence-corrected chi connectivity index (χ0v) is 11.8. The molecule has 0 spiro atoms. The lowest BCUT2D eigenvalue weighted by molar-refractivity contribution is 0.155. The van der Waals surface area contributed by atoms with Crippen molar-refractivity contribution in [2.24, 2.45) is 0 Å². The monoisotopic (exact) mass is 290 g/mol. The van der Waals surface area contributed by atoms with E-state index in [4.69, 9.17) is 0 Å². The smallest absolute Gasteiger partial charge is 0.131 e. The SMILES string of the molecule is FCCCN1CC(Nc2cc(F)c(CP)c(F)c2)C1. The molecule has 1 aliphatic heterocycles. The van der Waals surface area contributed by atoms with Gasteiger partial charge in [0.15, 0.2) is 0 Å². The van der Waals surface area contributed by atoms with Crippen LogP contribution in [0.2, 0.25) is 0 Å². The summed E-state index contributed by atoms with van der Waals surface area (Å²) in [6, 6.07) is 2.83. The summed E-state index contributed by atoms with van der Waals surface area (Å²) in [5.74, 6) is -1.04. The third-order valence-electron chi connectivity index (χ3n) is 3.28. The van der Waals surface area contributed by atoms with Crippen molar-refractivity contribution < 1.29 is 13.2 Å². The highest BCUT2D eigenvalue weighted by Crippen LogP contribution is 2.23. The van der Waals surface area contributed by atoms with Crippen LogP contribution in [0.3, 0.4) is 0 Å². The van der Waals surface area contributed by atoms with Gasteiger partial charge in [-0.15, -0.1) is 9.24 Å². The minimum absolute atomic E-state index is 0.0914. The van der Waals surface area contributed by atoms with E-state index in [9.17, 15) is 13.2 Å². The number of rotatable bonds is 6. The van der Waals surface area contributed by atoms with Crippen molar-refractivity contribution in [1.82, 2.24) is 4.90 Å². The largest absolute Gasteiger partial charge is 0.380 e. The number of hydrogen-bond donors (Lipinski definition) is 1. The summed E-state index contributed by atoms with van der Waals surface area (Å²) in [6.07, 6.45) is 0.803. The molecule has 1 atom stereocenters. The number of nitrogens with zero attached hydrogens (tertiary/aromatic N) is 1. The van der Waals surface area contributed by atoms with Gasteiger partial charge in [0, 0.05) is 30.9 Å². The van der Waals surface area contributed by atoms with Crippen LogP contribution in [0.1, 0.15) is 12.0 Å². The van der Waals surface area contributed by atoms with Crippen LogP contribution in [0.4, 0.5) is 18.9 Å². The molecule has 1 unspecified atom stereocenters. The van der Waals surface area contributed by atoms with Crippen molar-refractivity contribution in [3.63, 3.8) is 0 Å². The first-order chi connectivity index (χ1) is 9.13. The molecule has 2 rings (SSSR count). The molecule has 1 aromatic carbocycles. The van der Waals surface area contributed by atoms with Gasteiger partial charge in [0.25, 0.3) is 0 Å². The molecular weight excluding hydrogens is 272 g/mol. The molecule has 0 aliphatic carbocycles. The van der Waals surface area contributed by atoms with Crippen LogP contribution in [0.5, 0.6) is 0 Å². The van der Waals surface area contributed by atoms with Crippen LogP contribution in [-0.2, 0) is 6.16 Å². The number of likely N-dealkylation sites (tertiary alicyclic amines) is 1. The third kappa shape index (κ3) is 3.61. The van der Waals surface area contributed by atoms with Gasteiger partial charge in [-0.25, -0.2) is 8.78 Å². The van der Waals surface area contributed by atoms with E-state index in [0.29, 0.717) is 12.1 Å². The van der Waals surface area contributed by atoms with Crippen LogP contribution >= 0.6 is 9.24 Å². The van der Waals surface area contributed by atoms with Gasteiger partial charge in [-0.05, 0) is 24.7 Å². The van der Waals surface area contributed by atoms with Crippen LogP contribution < -0.4 is 5.32 Å². The predicted molar refractivity (Wildman–Crippen MR) is 74.2 cm³/mol. The fraction of sp³-hybridized carbons (Fsp3) is 0.538. The number of nitrogens with one attached hydrogen (secondary N) is 1. The number of hydrogen-bond acceptors (Lipinski definition) is 2. The molecule has 1 fully saturated rings. The van der Waals surface area contributed by atoms with Crippen molar-refractivity contribution in [3.8, 4) is 0 Å². The molecule has 1 saturated heterocycles. The van der Waals surface area contributed by atoms with Gasteiger partial charge in [-0.1, -0.05) is 0 Å². The van der Waals surface area contributed by atoms with Crippen molar-refractivity contribution in [2.45, 2.75) is 18.6 Å². The van der Waals surface area contributed by atoms with Crippen molar-refractivity contribution in [2.75, 3.05) is 31.6 Å². The third-order valence-corrected chi connectivity index (χ3v) is 3.69. The Kier molecular flexibility index (Phi) is 5.06. The lowest BCUT2D eigenvalue weighted by Gasteiger charge is -2.40. The molecule has 106 valence electrons. The topological polar surface area (TPSA) is 15.3 Å². The Balaban J connectivity index is 1.88. The minimum Gasteiger partial charge on any atom is -0.380 e. The van der Waals surface area contributed by atoms with Crippen LogP contribution in [-0.4, -0.2) is 37.3 Å². The molecule has 0 bridgehead atoms. The number of halogens is 3. The zero-order chi connectivity index (χ0) is 13.8. The van der Waals surface area contributed by atoms with Crippen LogP contribution in [0, 0.1) is 11.6 Å². The second-order valence-electron chi connectivity index (χ2n) is 4.77. The van der Waals surface area contributed by atoms with E-state index in [1.165, 1.54) is 12.1 Å². The molecule has 2 nitrogen and oxygen atoms in total. The summed E-state index contributed by atoms with van der Waals surface area (Å²) < 4.78 is 39.2. The predicted octanol–water partition coefficient (Wildman–Crippen LogP) is 2.80. The van der Waals surface area contributed by atoms with E-state index < -0.39 is 11.6 Å². The normalized spacial score (nSPS) is 16.4. The molecule has 1 aliphatic rings. The average molecular weight is 290 g/mol. The van der Waals surface area contributed by atoms with E-state index in [0.717, 1.165) is 19.6 Å². The number of benzene rings is 1. The summed E-state index contributed by atoms with van der Waals surface area (Å²) in [4.78, 5) is 2.11. The Bertz CT molecular complexity index is 413. The Morgan fingerprint density at radius 1 is 1.26 bits per heavy atom. The van der Waals surface area contributed by atoms with Gasteiger partial charge < -0.3 is 5.32 Å². The molecule has 1 N–H and O–H groups in total. The molecule has 19 heavy (non-hydrogen) atoms. The average Bonchev–Trinajstić information content (AvgIpc) is 2.31. The van der Waals surface area contributed by atoms with Gasteiger partial charge in [0.2, 0.25) is 0 Å². The first kappa shape index (κ1) is 14.6. The van der Waals surface area contributed by atoms with Gasteiger partial charge in [0.1, 0.15) is 11.6 Å². The number of alkyl halides is 1. The van der Waals surface area contributed by atoms with Gasteiger partial charge in [0.05, 0.1) is 12.7 Å². The maximum atomic E-state index is 13.6. The molecule has 0 amide bonds. The summed E-state index contributed by atoms with van der Waals surface area (Å²) in [5, 5.41) is 3.10. The van der Waals surface area contributed by atoms with Crippen molar-refractivity contribution in [1.29, 1.82) is 0 Å². The van der Waals surface area contributed by atoms with E-state index in [1.54, 1.807) is 0 Å². The molecule has 0 radical (unpaired) electrons. The highest BCUT2D eigenvalue weighted by Gasteiger charge is 2.26. The first-order valence-corrected chi connectivity index (χ1v) is 7.18. The highest BCUT2D eigenvalue weighted by atomic mass is 31.0. The van der Waals surface area contributed by atoms with Gasteiger partial charge in [-0.2, -0.15) is 0 Å². The van der Waals surface area contributed by atoms with Crippen molar-refractivity contribution >= 4 is 14.9 Å². The first-order valence-electron chi connectivity index (χ1n) is 6.37. The Morgan fingerprint density at radius 2 is 1.89 bits per heavy atom. The summed E-state index contributed by atoms with van der Waals surface area (Å²) in [6.45, 7) is 2.01. The van der Waals surface area contributed by atoms with Gasteiger partial charge in [-0.3, -0.25) is 9.29 Å². The quantitative estimate of drug-likeness (QED) is 0.811. The lowest BCUT2D eigenvalue weighted by Crippen LogP contribution is -2.54. The molecule has 0 aromatic heterocycles. The maximum Gasteiger partial charge on any atom is 0.131 e. The maximum absolute atomic E-state index is 13.6.